The Labute approximate surface area is 252 Å². The van der Waals surface area contributed by atoms with E-state index >= 15 is 0 Å². The Morgan fingerprint density at radius 1 is 0.907 bits per heavy atom. The highest BCUT2D eigenvalue weighted by molar-refractivity contribution is 6.08. The van der Waals surface area contributed by atoms with Crippen molar-refractivity contribution in [3.05, 3.63) is 106 Å². The van der Waals surface area contributed by atoms with Crippen LogP contribution in [0.25, 0.3) is 11.3 Å². The van der Waals surface area contributed by atoms with Gasteiger partial charge in [0.25, 0.3) is 11.8 Å². The third kappa shape index (κ3) is 4.91. The van der Waals surface area contributed by atoms with E-state index in [0.29, 0.717) is 17.7 Å². The van der Waals surface area contributed by atoms with Crippen molar-refractivity contribution in [3.63, 3.8) is 0 Å². The molecule has 0 radical (unpaired) electrons. The number of rotatable bonds is 4. The van der Waals surface area contributed by atoms with E-state index in [1.54, 1.807) is 36.2 Å². The third-order valence-corrected chi connectivity index (χ3v) is 9.53. The van der Waals surface area contributed by atoms with Crippen molar-refractivity contribution in [3.8, 4) is 17.0 Å². The Balaban J connectivity index is 1.33. The van der Waals surface area contributed by atoms with Crippen molar-refractivity contribution in [1.29, 1.82) is 0 Å². The summed E-state index contributed by atoms with van der Waals surface area (Å²) in [6.45, 7) is 5.22. The number of fused-ring (bicyclic) bond motifs is 3. The quantitative estimate of drug-likeness (QED) is 0.328. The van der Waals surface area contributed by atoms with Crippen LogP contribution in [-0.4, -0.2) is 46.0 Å². The van der Waals surface area contributed by atoms with E-state index in [9.17, 15) is 14.7 Å². The van der Waals surface area contributed by atoms with E-state index in [1.165, 1.54) is 22.3 Å². The highest BCUT2D eigenvalue weighted by Crippen LogP contribution is 2.37. The molecular formula is C36H38N4O3. The predicted octanol–water partition coefficient (Wildman–Crippen LogP) is 5.71. The van der Waals surface area contributed by atoms with Crippen molar-refractivity contribution in [2.24, 2.45) is 0 Å². The largest absolute Gasteiger partial charge is 0.508 e. The lowest BCUT2D eigenvalue weighted by Gasteiger charge is -2.36. The highest BCUT2D eigenvalue weighted by atomic mass is 16.3. The fourth-order valence-corrected chi connectivity index (χ4v) is 7.09. The van der Waals surface area contributed by atoms with Crippen LogP contribution >= 0.6 is 0 Å². The van der Waals surface area contributed by atoms with E-state index in [0.717, 1.165) is 74.4 Å². The smallest absolute Gasteiger partial charge is 0.259 e. The SMILES string of the molecule is C[C@@H]1Cc2ccccc2CN1C(=O)c1cc2c(cc1-c1cc(C(=O)N(C)c3ccc(O)cc3)c3n1CCCC3)CCNC2. The minimum atomic E-state index is -0.0844. The average molecular weight is 575 g/mol. The molecule has 220 valence electrons. The van der Waals surface area contributed by atoms with Gasteiger partial charge in [0.1, 0.15) is 5.75 Å². The van der Waals surface area contributed by atoms with Crippen molar-refractivity contribution < 1.29 is 14.7 Å². The van der Waals surface area contributed by atoms with Crippen LogP contribution in [0.5, 0.6) is 5.75 Å². The number of nitrogens with zero attached hydrogens (tertiary/aromatic N) is 3. The molecule has 7 heteroatoms. The molecule has 0 fully saturated rings. The first kappa shape index (κ1) is 27.5. The number of anilines is 1. The summed E-state index contributed by atoms with van der Waals surface area (Å²) in [4.78, 5) is 32.2. The summed E-state index contributed by atoms with van der Waals surface area (Å²) in [6, 6.07) is 21.6. The van der Waals surface area contributed by atoms with E-state index in [-0.39, 0.29) is 23.6 Å². The molecule has 3 aromatic carbocycles. The second-order valence-corrected chi connectivity index (χ2v) is 12.2. The topological polar surface area (TPSA) is 77.8 Å². The maximum Gasteiger partial charge on any atom is 0.259 e. The molecule has 7 rings (SSSR count). The molecule has 4 heterocycles. The molecule has 1 aromatic heterocycles. The Kier molecular flexibility index (Phi) is 7.06. The molecule has 3 aliphatic rings. The van der Waals surface area contributed by atoms with Crippen molar-refractivity contribution in [2.75, 3.05) is 18.5 Å². The number of hydrogen-bond donors (Lipinski definition) is 2. The molecule has 0 saturated carbocycles. The lowest BCUT2D eigenvalue weighted by molar-refractivity contribution is 0.0658. The molecule has 2 amide bonds. The van der Waals surface area contributed by atoms with Crippen LogP contribution in [0.15, 0.2) is 66.7 Å². The first-order valence-electron chi connectivity index (χ1n) is 15.4. The van der Waals surface area contributed by atoms with Gasteiger partial charge in [-0.2, -0.15) is 0 Å². The molecule has 7 nitrogen and oxygen atoms in total. The normalized spacial score (nSPS) is 17.5. The van der Waals surface area contributed by atoms with Crippen molar-refractivity contribution in [1.82, 2.24) is 14.8 Å². The molecule has 3 aliphatic heterocycles. The Morgan fingerprint density at radius 2 is 1.70 bits per heavy atom. The minimum Gasteiger partial charge on any atom is -0.508 e. The van der Waals surface area contributed by atoms with Gasteiger partial charge in [-0.05, 0) is 110 Å². The average Bonchev–Trinajstić information content (AvgIpc) is 3.42. The van der Waals surface area contributed by atoms with Gasteiger partial charge in [-0.3, -0.25) is 9.59 Å². The molecule has 0 saturated heterocycles. The lowest BCUT2D eigenvalue weighted by Crippen LogP contribution is -2.43. The summed E-state index contributed by atoms with van der Waals surface area (Å²) in [5.41, 5.74) is 9.99. The van der Waals surface area contributed by atoms with Crippen molar-refractivity contribution in [2.45, 2.75) is 64.7 Å². The number of amides is 2. The van der Waals surface area contributed by atoms with E-state index < -0.39 is 0 Å². The van der Waals surface area contributed by atoms with Gasteiger partial charge in [-0.15, -0.1) is 0 Å². The maximum atomic E-state index is 14.5. The van der Waals surface area contributed by atoms with E-state index in [4.69, 9.17) is 0 Å². The third-order valence-electron chi connectivity index (χ3n) is 9.53. The minimum absolute atomic E-state index is 0.0471. The fourth-order valence-electron chi connectivity index (χ4n) is 7.09. The summed E-state index contributed by atoms with van der Waals surface area (Å²) < 4.78 is 2.29. The molecule has 2 N–H and O–H groups in total. The zero-order valence-electron chi connectivity index (χ0n) is 24.9. The van der Waals surface area contributed by atoms with Gasteiger partial charge in [0.2, 0.25) is 0 Å². The fraction of sp³-hybridized carbons (Fsp3) is 0.333. The van der Waals surface area contributed by atoms with Crippen molar-refractivity contribution >= 4 is 17.5 Å². The number of carbonyl (C=O) groups is 2. The number of phenolic OH excluding ortho intramolecular Hbond substituents is 1. The Bertz CT molecular complexity index is 1720. The Hall–Kier alpha value is -4.36. The lowest BCUT2D eigenvalue weighted by atomic mass is 9.90. The van der Waals surface area contributed by atoms with Gasteiger partial charge in [-0.1, -0.05) is 24.3 Å². The van der Waals surface area contributed by atoms with E-state index in [1.807, 2.05) is 17.0 Å². The number of carbonyl (C=O) groups excluding carboxylic acids is 2. The highest BCUT2D eigenvalue weighted by Gasteiger charge is 2.32. The summed E-state index contributed by atoms with van der Waals surface area (Å²) >= 11 is 0. The molecule has 0 unspecified atom stereocenters. The van der Waals surface area contributed by atoms with Crippen LogP contribution in [0.2, 0.25) is 0 Å². The van der Waals surface area contributed by atoms with Gasteiger partial charge in [-0.25, -0.2) is 0 Å². The van der Waals surface area contributed by atoms with Crippen LogP contribution in [0, 0.1) is 0 Å². The van der Waals surface area contributed by atoms with Gasteiger partial charge in [0, 0.05) is 60.9 Å². The summed E-state index contributed by atoms with van der Waals surface area (Å²) in [5, 5.41) is 13.2. The number of aromatic nitrogens is 1. The zero-order valence-corrected chi connectivity index (χ0v) is 24.9. The molecule has 4 aromatic rings. The summed E-state index contributed by atoms with van der Waals surface area (Å²) in [6.07, 6.45) is 4.63. The number of phenols is 1. The maximum absolute atomic E-state index is 14.5. The van der Waals surface area contributed by atoms with E-state index in [2.05, 4.69) is 47.1 Å². The molecule has 0 aliphatic carbocycles. The molecule has 1 atom stereocenters. The van der Waals surface area contributed by atoms with Crippen LogP contribution < -0.4 is 10.2 Å². The standard InChI is InChI=1S/C36H38N4O3/c1-23-17-24-7-3-4-8-26(24)22-40(23)36(43)31-19-27-21-37-15-14-25(27)18-30(31)34-20-32(33-9-5-6-16-39(33)34)35(42)38(2)28-10-12-29(41)13-11-28/h3-4,7-8,10-13,18-20,23,37,41H,5-6,9,14-17,21-22H2,1-2H3/t23-/m1/s1. The van der Waals surface area contributed by atoms with Crippen LogP contribution in [-0.2, 0) is 38.9 Å². The predicted molar refractivity (Wildman–Crippen MR) is 169 cm³/mol. The van der Waals surface area contributed by atoms with Gasteiger partial charge < -0.3 is 24.8 Å². The summed E-state index contributed by atoms with van der Waals surface area (Å²) in [5.74, 6) is 0.129. The Morgan fingerprint density at radius 3 is 2.51 bits per heavy atom. The molecular weight excluding hydrogens is 536 g/mol. The van der Waals surface area contributed by atoms with Gasteiger partial charge in [0.05, 0.1) is 5.56 Å². The first-order chi connectivity index (χ1) is 20.9. The zero-order chi connectivity index (χ0) is 29.7. The van der Waals surface area contributed by atoms with Gasteiger partial charge >= 0.3 is 0 Å². The first-order valence-corrected chi connectivity index (χ1v) is 15.4. The number of nitrogens with one attached hydrogen (secondary N) is 1. The molecule has 43 heavy (non-hydrogen) atoms. The van der Waals surface area contributed by atoms with Crippen LogP contribution in [0.1, 0.15) is 68.4 Å². The number of hydrogen-bond acceptors (Lipinski definition) is 4. The molecule has 0 bridgehead atoms. The molecule has 0 spiro atoms. The van der Waals surface area contributed by atoms with Gasteiger partial charge in [0.15, 0.2) is 0 Å². The number of aromatic hydroxyl groups is 1. The van der Waals surface area contributed by atoms with Crippen LogP contribution in [0.4, 0.5) is 5.69 Å². The second kappa shape index (κ2) is 11.0. The monoisotopic (exact) mass is 574 g/mol. The van der Waals surface area contributed by atoms with Crippen LogP contribution in [0.3, 0.4) is 0 Å². The summed E-state index contributed by atoms with van der Waals surface area (Å²) in [7, 11) is 1.78. The second-order valence-electron chi connectivity index (χ2n) is 12.2. The number of benzene rings is 3.